The normalized spacial score (nSPS) is 19.1. The van der Waals surface area contributed by atoms with E-state index in [-0.39, 0.29) is 6.61 Å². The zero-order valence-corrected chi connectivity index (χ0v) is 11.0. The van der Waals surface area contributed by atoms with Gasteiger partial charge in [-0.2, -0.15) is 4.31 Å². The molecule has 96 valence electrons. The largest absolute Gasteiger partial charge is 0.391 e. The SMILES string of the molecule is O=S(=O)(c1ccc(CO)s1)N1CCCOCC1. The Labute approximate surface area is 105 Å². The lowest BCUT2D eigenvalue weighted by atomic mass is 10.5. The fourth-order valence-corrected chi connectivity index (χ4v) is 4.51. The van der Waals surface area contributed by atoms with Crippen LogP contribution >= 0.6 is 11.3 Å². The Morgan fingerprint density at radius 2 is 2.18 bits per heavy atom. The first-order chi connectivity index (χ1) is 8.14. The van der Waals surface area contributed by atoms with Crippen LogP contribution in [0.1, 0.15) is 11.3 Å². The second kappa shape index (κ2) is 5.45. The highest BCUT2D eigenvalue weighted by molar-refractivity contribution is 7.91. The van der Waals surface area contributed by atoms with Gasteiger partial charge in [0.2, 0.25) is 0 Å². The molecule has 0 aromatic carbocycles. The van der Waals surface area contributed by atoms with Gasteiger partial charge in [-0.3, -0.25) is 0 Å². The molecule has 0 unspecified atom stereocenters. The van der Waals surface area contributed by atoms with Crippen LogP contribution in [0.25, 0.3) is 0 Å². The fourth-order valence-electron chi connectivity index (χ4n) is 1.67. The summed E-state index contributed by atoms with van der Waals surface area (Å²) in [5, 5.41) is 8.95. The topological polar surface area (TPSA) is 66.8 Å². The molecule has 0 aliphatic carbocycles. The first kappa shape index (κ1) is 13.0. The molecule has 0 radical (unpaired) electrons. The van der Waals surface area contributed by atoms with Gasteiger partial charge in [-0.05, 0) is 18.6 Å². The van der Waals surface area contributed by atoms with Gasteiger partial charge in [0, 0.05) is 24.6 Å². The molecule has 0 amide bonds. The lowest BCUT2D eigenvalue weighted by Crippen LogP contribution is -2.32. The highest BCUT2D eigenvalue weighted by Gasteiger charge is 2.26. The van der Waals surface area contributed by atoms with E-state index in [2.05, 4.69) is 0 Å². The maximum atomic E-state index is 12.3. The summed E-state index contributed by atoms with van der Waals surface area (Å²) >= 11 is 1.12. The third-order valence-corrected chi connectivity index (χ3v) is 6.00. The van der Waals surface area contributed by atoms with Crippen LogP contribution in [0, 0.1) is 0 Å². The van der Waals surface area contributed by atoms with Gasteiger partial charge in [0.05, 0.1) is 13.2 Å². The van der Waals surface area contributed by atoms with E-state index in [1.807, 2.05) is 0 Å². The third kappa shape index (κ3) is 2.86. The molecule has 0 spiro atoms. The lowest BCUT2D eigenvalue weighted by molar-refractivity contribution is 0.148. The van der Waals surface area contributed by atoms with Gasteiger partial charge >= 0.3 is 0 Å². The summed E-state index contributed by atoms with van der Waals surface area (Å²) < 4.78 is 31.5. The maximum absolute atomic E-state index is 12.3. The van der Waals surface area contributed by atoms with Crippen molar-refractivity contribution in [3.05, 3.63) is 17.0 Å². The molecule has 0 atom stereocenters. The predicted octanol–water partition coefficient (Wildman–Crippen LogP) is 0.651. The third-order valence-electron chi connectivity index (χ3n) is 2.57. The number of thiophene rings is 1. The maximum Gasteiger partial charge on any atom is 0.252 e. The zero-order chi connectivity index (χ0) is 12.3. The summed E-state index contributed by atoms with van der Waals surface area (Å²) in [5.41, 5.74) is 0. The Balaban J connectivity index is 2.22. The van der Waals surface area contributed by atoms with E-state index in [4.69, 9.17) is 9.84 Å². The van der Waals surface area contributed by atoms with Gasteiger partial charge in [0.15, 0.2) is 0 Å². The van der Waals surface area contributed by atoms with Crippen molar-refractivity contribution in [2.75, 3.05) is 26.3 Å². The highest BCUT2D eigenvalue weighted by Crippen LogP contribution is 2.25. The number of ether oxygens (including phenoxy) is 1. The Kier molecular flexibility index (Phi) is 4.16. The minimum absolute atomic E-state index is 0.122. The summed E-state index contributed by atoms with van der Waals surface area (Å²) in [6.07, 6.45) is 0.720. The van der Waals surface area contributed by atoms with Crippen LogP contribution in [0.4, 0.5) is 0 Å². The van der Waals surface area contributed by atoms with E-state index < -0.39 is 10.0 Å². The molecule has 1 aliphatic rings. The van der Waals surface area contributed by atoms with E-state index in [0.29, 0.717) is 35.4 Å². The molecule has 2 heterocycles. The second-order valence-corrected chi connectivity index (χ2v) is 7.08. The van der Waals surface area contributed by atoms with Crippen molar-refractivity contribution in [1.29, 1.82) is 0 Å². The van der Waals surface area contributed by atoms with Gasteiger partial charge in [0.1, 0.15) is 4.21 Å². The van der Waals surface area contributed by atoms with E-state index in [0.717, 1.165) is 17.8 Å². The molecule has 17 heavy (non-hydrogen) atoms. The molecule has 1 aromatic heterocycles. The number of aliphatic hydroxyl groups excluding tert-OH is 1. The molecule has 1 fully saturated rings. The number of rotatable bonds is 3. The van der Waals surface area contributed by atoms with Gasteiger partial charge in [-0.15, -0.1) is 11.3 Å². The van der Waals surface area contributed by atoms with Crippen molar-refractivity contribution in [2.45, 2.75) is 17.2 Å². The van der Waals surface area contributed by atoms with Crippen LogP contribution in [0.5, 0.6) is 0 Å². The molecular formula is C10H15NO4S2. The molecule has 1 N–H and O–H groups in total. The van der Waals surface area contributed by atoms with Crippen molar-refractivity contribution < 1.29 is 18.3 Å². The minimum atomic E-state index is -3.41. The van der Waals surface area contributed by atoms with Crippen molar-refractivity contribution in [2.24, 2.45) is 0 Å². The standard InChI is InChI=1S/C10H15NO4S2/c12-8-9-2-3-10(16-9)17(13,14)11-4-1-6-15-7-5-11/h2-3,12H,1,4-8H2. The van der Waals surface area contributed by atoms with Crippen molar-refractivity contribution >= 4 is 21.4 Å². The van der Waals surface area contributed by atoms with E-state index >= 15 is 0 Å². The predicted molar refractivity (Wildman–Crippen MR) is 64.4 cm³/mol. The first-order valence-electron chi connectivity index (χ1n) is 5.42. The number of hydrogen-bond acceptors (Lipinski definition) is 5. The van der Waals surface area contributed by atoms with Gasteiger partial charge < -0.3 is 9.84 Å². The first-order valence-corrected chi connectivity index (χ1v) is 7.68. The van der Waals surface area contributed by atoms with Crippen molar-refractivity contribution in [1.82, 2.24) is 4.31 Å². The lowest BCUT2D eigenvalue weighted by Gasteiger charge is -2.17. The number of hydrogen-bond donors (Lipinski definition) is 1. The number of aliphatic hydroxyl groups is 1. The summed E-state index contributed by atoms with van der Waals surface area (Å²) in [4.78, 5) is 0.662. The summed E-state index contributed by atoms with van der Waals surface area (Å²) in [5.74, 6) is 0. The van der Waals surface area contributed by atoms with E-state index in [9.17, 15) is 8.42 Å². The minimum Gasteiger partial charge on any atom is -0.391 e. The summed E-state index contributed by atoms with van der Waals surface area (Å²) in [6.45, 7) is 1.82. The Morgan fingerprint density at radius 3 is 2.88 bits per heavy atom. The van der Waals surface area contributed by atoms with Crippen LogP contribution in [-0.2, 0) is 21.4 Å². The van der Waals surface area contributed by atoms with Gasteiger partial charge in [-0.25, -0.2) is 8.42 Å². The summed E-state index contributed by atoms with van der Waals surface area (Å²) in [7, 11) is -3.41. The van der Waals surface area contributed by atoms with Gasteiger partial charge in [0.25, 0.3) is 10.0 Å². The van der Waals surface area contributed by atoms with Crippen molar-refractivity contribution in [3.8, 4) is 0 Å². The van der Waals surface area contributed by atoms with Crippen LogP contribution in [0.3, 0.4) is 0 Å². The van der Waals surface area contributed by atoms with Crippen LogP contribution in [-0.4, -0.2) is 44.1 Å². The highest BCUT2D eigenvalue weighted by atomic mass is 32.2. The summed E-state index contributed by atoms with van der Waals surface area (Å²) in [6, 6.07) is 3.20. The molecule has 1 aromatic rings. The molecule has 0 saturated carbocycles. The molecule has 7 heteroatoms. The van der Waals surface area contributed by atoms with Crippen molar-refractivity contribution in [3.63, 3.8) is 0 Å². The molecule has 2 rings (SSSR count). The molecule has 1 aliphatic heterocycles. The quantitative estimate of drug-likeness (QED) is 0.881. The second-order valence-electron chi connectivity index (χ2n) is 3.75. The van der Waals surface area contributed by atoms with Crippen LogP contribution in [0.2, 0.25) is 0 Å². The Morgan fingerprint density at radius 1 is 1.35 bits per heavy atom. The Bertz CT molecular complexity index is 460. The molecule has 5 nitrogen and oxygen atoms in total. The Hall–Kier alpha value is -0.470. The molecular weight excluding hydrogens is 262 g/mol. The average Bonchev–Trinajstić information content (AvgIpc) is 2.64. The number of sulfonamides is 1. The van der Waals surface area contributed by atoms with Crippen LogP contribution < -0.4 is 0 Å². The van der Waals surface area contributed by atoms with Crippen LogP contribution in [0.15, 0.2) is 16.3 Å². The fraction of sp³-hybridized carbons (Fsp3) is 0.600. The zero-order valence-electron chi connectivity index (χ0n) is 9.33. The molecule has 0 bridgehead atoms. The monoisotopic (exact) mass is 277 g/mol. The van der Waals surface area contributed by atoms with E-state index in [1.165, 1.54) is 4.31 Å². The average molecular weight is 277 g/mol. The number of nitrogens with zero attached hydrogens (tertiary/aromatic N) is 1. The molecule has 1 saturated heterocycles. The van der Waals surface area contributed by atoms with E-state index in [1.54, 1.807) is 12.1 Å². The smallest absolute Gasteiger partial charge is 0.252 e. The van der Waals surface area contributed by atoms with Gasteiger partial charge in [-0.1, -0.05) is 0 Å².